The molecule has 2 bridgehead atoms. The summed E-state index contributed by atoms with van der Waals surface area (Å²) in [6.45, 7) is 12.3. The summed E-state index contributed by atoms with van der Waals surface area (Å²) in [5.41, 5.74) is 0.931. The summed E-state index contributed by atoms with van der Waals surface area (Å²) in [6.07, 6.45) is 7.82. The molecule has 4 aliphatic rings. The predicted octanol–water partition coefficient (Wildman–Crippen LogP) is 7.79. The van der Waals surface area contributed by atoms with Crippen molar-refractivity contribution in [2.45, 2.75) is 185 Å². The fourth-order valence-corrected chi connectivity index (χ4v) is 14.5. The number of hydrogen-bond acceptors (Lipinski definition) is 16. The Labute approximate surface area is 487 Å². The van der Waals surface area contributed by atoms with E-state index in [-0.39, 0.29) is 60.5 Å². The minimum absolute atomic E-state index is 0.00906. The van der Waals surface area contributed by atoms with Crippen LogP contribution in [0.25, 0.3) is 0 Å². The molecule has 0 radical (unpaired) electrons. The van der Waals surface area contributed by atoms with Crippen LogP contribution in [-0.2, 0) is 61.5 Å². The maximum Gasteiger partial charge on any atom is 0.411 e. The zero-order chi connectivity index (χ0) is 61.7. The number of aliphatic hydroxyl groups is 2. The molecule has 24 heteroatoms. The number of piperidine rings is 1. The van der Waals surface area contributed by atoms with E-state index >= 15 is 0 Å². The maximum absolute atomic E-state index is 14.6. The minimum Gasteiger partial charge on any atom is -0.460 e. The van der Waals surface area contributed by atoms with Gasteiger partial charge in [0.15, 0.2) is 11.2 Å². The monoisotopic (exact) mass is 1210 g/mol. The summed E-state index contributed by atoms with van der Waals surface area (Å²) < 4.78 is 59.3. The zero-order valence-corrected chi connectivity index (χ0v) is 51.2. The normalized spacial score (nSPS) is 34.5. The highest BCUT2D eigenvalue weighted by Gasteiger charge is 2.53. The van der Waals surface area contributed by atoms with Gasteiger partial charge in [-0.3, -0.25) is 33.6 Å². The third-order valence-corrected chi connectivity index (χ3v) is 20.5. The van der Waals surface area contributed by atoms with E-state index in [9.17, 15) is 67.7 Å². The second-order valence-corrected chi connectivity index (χ2v) is 27.1. The smallest absolute Gasteiger partial charge is 0.411 e. The Balaban J connectivity index is 1.40. The number of aliphatic hydroxyl groups excluding tert-OH is 1. The number of rotatable bonds is 11. The van der Waals surface area contributed by atoms with Crippen LogP contribution < -0.4 is 5.32 Å². The third-order valence-electron chi connectivity index (χ3n) is 16.8. The molecule has 2 amide bonds. The van der Waals surface area contributed by atoms with Crippen LogP contribution >= 0.6 is 15.2 Å². The predicted molar refractivity (Wildman–Crippen MR) is 306 cm³/mol. The van der Waals surface area contributed by atoms with E-state index in [1.165, 1.54) is 26.4 Å². The number of carbonyl (C=O) groups excluding carboxylic acids is 6. The SMILES string of the molecule is CO[C@H]1C[C@@H]2CC[C@@H](C)[C@@](O)(O2)C(=O)C(=O)N2CCCC[C@H]2C(=O)O[C@H]([C@H](C)C[C@H]2CC[C@@H](OC(=O)Nc3ccc(C(P(=O)(O)O)P(=O)(O)O)cc3)[C@H](OC)C2)CC(=O)[C@H](C)/C=C(\C)[C@@H](O)[C@@H](OC)C(=O)[C@H](C)C[C@H](C)/C=C/C=C/C=C/1C. The third kappa shape index (κ3) is 18.7. The molecule has 22 nitrogen and oxygen atoms in total. The Bertz CT molecular complexity index is 2630. The molecule has 1 saturated carbocycles. The summed E-state index contributed by atoms with van der Waals surface area (Å²) in [7, 11) is -6.20. The van der Waals surface area contributed by atoms with Crippen LogP contribution in [0.4, 0.5) is 10.5 Å². The lowest BCUT2D eigenvalue weighted by Crippen LogP contribution is -2.61. The Hall–Kier alpha value is -4.54. The summed E-state index contributed by atoms with van der Waals surface area (Å²) in [4.78, 5) is 124. The molecule has 1 aromatic carbocycles. The van der Waals surface area contributed by atoms with Gasteiger partial charge in [0.2, 0.25) is 5.79 Å². The van der Waals surface area contributed by atoms with Gasteiger partial charge in [-0.2, -0.15) is 0 Å². The van der Waals surface area contributed by atoms with Crippen molar-refractivity contribution in [3.8, 4) is 0 Å². The number of cyclic esters (lactones) is 1. The lowest BCUT2D eigenvalue weighted by atomic mass is 9.78. The molecule has 0 aromatic heterocycles. The summed E-state index contributed by atoms with van der Waals surface area (Å²) in [6, 6.07) is 3.33. The molecule has 1 aromatic rings. The van der Waals surface area contributed by atoms with Crippen LogP contribution in [0.3, 0.4) is 0 Å². The number of methoxy groups -OCH3 is 3. The van der Waals surface area contributed by atoms with E-state index < -0.39 is 123 Å². The summed E-state index contributed by atoms with van der Waals surface area (Å²) in [5, 5.41) is 23.7. The van der Waals surface area contributed by atoms with Crippen LogP contribution in [0.2, 0.25) is 0 Å². The molecule has 0 unspecified atom stereocenters. The van der Waals surface area contributed by atoms with E-state index in [2.05, 4.69) is 5.32 Å². The number of ether oxygens (including phenoxy) is 6. The number of anilines is 1. The standard InChI is InChI=1S/C59H88N2O20P2/c1-34-16-12-11-13-17-35(2)48(76-8)32-44-25-19-40(7)59(69,81-44)54(65)55(66)61-27-15-14-18-45(61)56(67)79-49(33-46(62)36(3)29-39(6)52(64)53(78-10)51(63)38(5)28-34)37(4)30-41-20-26-47(50(31-41)77-9)80-58(68)60-43-23-21-42(22-24-43)57(82(70,71)72)83(73,74)75/h11-13,16-17,21-24,29,34,36-38,40-41,44-45,47-50,52-53,57,64,69H,14-15,18-20,25-28,30-33H2,1-10H3,(H,60,68)(H2,70,71,72)(H2,73,74,75)/b13-11+,16-12+,35-17+,39-29+/t34-,36-,37-,38-,40-,41-,44+,45+,47-,48+,49+,50-,52-,53+,59-/m1/s1. The van der Waals surface area contributed by atoms with Crippen molar-refractivity contribution in [1.29, 1.82) is 0 Å². The largest absolute Gasteiger partial charge is 0.460 e. The van der Waals surface area contributed by atoms with Gasteiger partial charge in [0.05, 0.1) is 18.3 Å². The number of nitrogens with one attached hydrogen (secondary N) is 1. The molecule has 83 heavy (non-hydrogen) atoms. The lowest BCUT2D eigenvalue weighted by Gasteiger charge is -2.42. The van der Waals surface area contributed by atoms with Gasteiger partial charge in [0.25, 0.3) is 11.7 Å². The van der Waals surface area contributed by atoms with Crippen LogP contribution in [0, 0.1) is 35.5 Å². The van der Waals surface area contributed by atoms with E-state index in [1.807, 2.05) is 51.2 Å². The average Bonchev–Trinajstić information content (AvgIpc) is 3.53. The number of carbonyl (C=O) groups is 6. The first-order chi connectivity index (χ1) is 38.9. The van der Waals surface area contributed by atoms with Crippen molar-refractivity contribution in [3.63, 3.8) is 0 Å². The number of benzene rings is 1. The highest BCUT2D eigenvalue weighted by atomic mass is 31.2. The molecule has 2 saturated heterocycles. The number of hydrogen-bond donors (Lipinski definition) is 7. The minimum atomic E-state index is -5.27. The van der Waals surface area contributed by atoms with Gasteiger partial charge in [-0.1, -0.05) is 83.2 Å². The molecular formula is C59H88N2O20P2. The summed E-state index contributed by atoms with van der Waals surface area (Å²) >= 11 is 0. The Morgan fingerprint density at radius 1 is 0.819 bits per heavy atom. The van der Waals surface area contributed by atoms with Gasteiger partial charge < -0.3 is 63.1 Å². The first kappa shape index (κ1) is 69.2. The van der Waals surface area contributed by atoms with Crippen molar-refractivity contribution in [3.05, 3.63) is 77.4 Å². The average molecular weight is 1210 g/mol. The number of Topliss-reactive ketones (excluding diaryl/α,β-unsaturated/α-hetero) is 3. The highest BCUT2D eigenvalue weighted by molar-refractivity contribution is 7.70. The lowest BCUT2D eigenvalue weighted by molar-refractivity contribution is -0.265. The number of esters is 1. The topological polar surface area (TPSA) is 329 Å². The van der Waals surface area contributed by atoms with Crippen molar-refractivity contribution >= 4 is 56.2 Å². The molecule has 3 aliphatic heterocycles. The molecule has 3 heterocycles. The maximum atomic E-state index is 14.6. The Morgan fingerprint density at radius 3 is 2.12 bits per heavy atom. The van der Waals surface area contributed by atoms with E-state index in [4.69, 9.17) is 28.4 Å². The van der Waals surface area contributed by atoms with Crippen molar-refractivity contribution in [1.82, 2.24) is 4.90 Å². The van der Waals surface area contributed by atoms with Gasteiger partial charge in [-0.25, -0.2) is 9.59 Å². The number of fused-ring (bicyclic) bond motifs is 3. The van der Waals surface area contributed by atoms with Crippen molar-refractivity contribution < 1.29 is 96.1 Å². The Kier molecular flexibility index (Phi) is 25.6. The van der Waals surface area contributed by atoms with Crippen LogP contribution in [0.15, 0.2) is 71.9 Å². The molecule has 0 spiro atoms. The van der Waals surface area contributed by atoms with Gasteiger partial charge in [0, 0.05) is 64.2 Å². The number of nitrogens with zero attached hydrogens (tertiary/aromatic N) is 1. The molecule has 15 atom stereocenters. The van der Waals surface area contributed by atoms with Crippen LogP contribution in [0.1, 0.15) is 136 Å². The molecule has 7 N–H and O–H groups in total. The molecule has 5 rings (SSSR count). The van der Waals surface area contributed by atoms with Gasteiger partial charge in [-0.15, -0.1) is 0 Å². The second-order valence-electron chi connectivity index (χ2n) is 23.3. The fraction of sp³-hybridized carbons (Fsp3) is 0.661. The second kappa shape index (κ2) is 30.7. The van der Waals surface area contributed by atoms with E-state index in [0.717, 1.165) is 22.6 Å². The van der Waals surface area contributed by atoms with Crippen molar-refractivity contribution in [2.75, 3.05) is 33.2 Å². The number of allylic oxidation sites excluding steroid dienone is 6. The van der Waals surface area contributed by atoms with Gasteiger partial charge in [0.1, 0.15) is 36.2 Å². The number of amides is 2. The Morgan fingerprint density at radius 2 is 1.49 bits per heavy atom. The van der Waals surface area contributed by atoms with Gasteiger partial charge in [-0.05, 0) is 125 Å². The summed E-state index contributed by atoms with van der Waals surface area (Å²) in [5.74, 6) is -9.11. The van der Waals surface area contributed by atoms with Crippen molar-refractivity contribution in [2.24, 2.45) is 35.5 Å². The molecule has 464 valence electrons. The molecule has 1 aliphatic carbocycles. The fourth-order valence-electron chi connectivity index (χ4n) is 11.8. The molecule has 3 fully saturated rings. The molecular weight excluding hydrogens is 1120 g/mol. The van der Waals surface area contributed by atoms with Gasteiger partial charge >= 0.3 is 27.3 Å². The van der Waals surface area contributed by atoms with E-state index in [1.54, 1.807) is 40.9 Å². The van der Waals surface area contributed by atoms with Crippen LogP contribution in [-0.4, -0.2) is 152 Å². The first-order valence-corrected chi connectivity index (χ1v) is 32.0. The van der Waals surface area contributed by atoms with E-state index in [0.29, 0.717) is 63.4 Å². The quantitative estimate of drug-likeness (QED) is 0.0481. The number of ketones is 3. The first-order valence-electron chi connectivity index (χ1n) is 28.6. The van der Waals surface area contributed by atoms with Crippen LogP contribution in [0.5, 0.6) is 0 Å². The highest BCUT2D eigenvalue weighted by Crippen LogP contribution is 2.69. The zero-order valence-electron chi connectivity index (χ0n) is 49.4.